The number of halogens is 6. The molecule has 1 aliphatic rings. The lowest BCUT2D eigenvalue weighted by Crippen LogP contribution is -2.54. The minimum Gasteiger partial charge on any atom is -0.372 e. The Morgan fingerprint density at radius 1 is 1.09 bits per heavy atom. The van der Waals surface area contributed by atoms with Crippen molar-refractivity contribution in [3.63, 3.8) is 0 Å². The van der Waals surface area contributed by atoms with E-state index < -0.39 is 41.0 Å². The van der Waals surface area contributed by atoms with E-state index in [0.717, 1.165) is 5.56 Å². The van der Waals surface area contributed by atoms with E-state index >= 15 is 0 Å². The molecule has 0 aromatic heterocycles. The van der Waals surface area contributed by atoms with Gasteiger partial charge in [-0.2, -0.15) is 26.3 Å². The van der Waals surface area contributed by atoms with Crippen molar-refractivity contribution in [1.82, 2.24) is 5.32 Å². The number of primary amides is 1. The highest BCUT2D eigenvalue weighted by molar-refractivity contribution is 5.77. The number of piperidine rings is 1. The van der Waals surface area contributed by atoms with Crippen molar-refractivity contribution in [3.05, 3.63) is 70.8 Å². The fraction of sp³-hybridized carbons (Fsp3) is 0.435. The van der Waals surface area contributed by atoms with Gasteiger partial charge in [-0.1, -0.05) is 30.3 Å². The minimum absolute atomic E-state index is 0.0265. The monoisotopic (exact) mass is 474 g/mol. The molecular formula is C23H24F6N2O2. The van der Waals surface area contributed by atoms with Crippen LogP contribution in [0.15, 0.2) is 48.5 Å². The molecule has 1 aliphatic heterocycles. The molecule has 0 aliphatic carbocycles. The molecule has 0 bridgehead atoms. The smallest absolute Gasteiger partial charge is 0.372 e. The van der Waals surface area contributed by atoms with Crippen LogP contribution in [-0.4, -0.2) is 19.1 Å². The lowest BCUT2D eigenvalue weighted by atomic mass is 9.79. The number of rotatable bonds is 6. The van der Waals surface area contributed by atoms with Crippen LogP contribution < -0.4 is 11.1 Å². The van der Waals surface area contributed by atoms with Gasteiger partial charge in [0.1, 0.15) is 0 Å². The molecule has 0 spiro atoms. The second-order valence-electron chi connectivity index (χ2n) is 8.26. The van der Waals surface area contributed by atoms with Crippen LogP contribution in [0.3, 0.4) is 0 Å². The van der Waals surface area contributed by atoms with Gasteiger partial charge in [-0.15, -0.1) is 0 Å². The van der Waals surface area contributed by atoms with Gasteiger partial charge in [0, 0.05) is 6.54 Å². The van der Waals surface area contributed by atoms with E-state index in [1.165, 1.54) is 6.92 Å². The molecule has 1 unspecified atom stereocenters. The van der Waals surface area contributed by atoms with Crippen LogP contribution in [0.25, 0.3) is 0 Å². The average molecular weight is 474 g/mol. The normalized spacial score (nSPS) is 22.7. The highest BCUT2D eigenvalue weighted by Crippen LogP contribution is 2.39. The summed E-state index contributed by atoms with van der Waals surface area (Å²) in [6, 6.07) is 10.6. The number of alkyl halides is 6. The Morgan fingerprint density at radius 3 is 2.12 bits per heavy atom. The van der Waals surface area contributed by atoms with E-state index in [9.17, 15) is 31.1 Å². The van der Waals surface area contributed by atoms with Gasteiger partial charge in [0.2, 0.25) is 5.91 Å². The molecule has 2 aromatic rings. The molecule has 3 rings (SSSR count). The van der Waals surface area contributed by atoms with Crippen LogP contribution in [0.1, 0.15) is 48.1 Å². The van der Waals surface area contributed by atoms with Crippen molar-refractivity contribution in [2.24, 2.45) is 11.7 Å². The Kier molecular flexibility index (Phi) is 7.09. The summed E-state index contributed by atoms with van der Waals surface area (Å²) in [6.45, 7) is 1.66. The number of hydrogen-bond acceptors (Lipinski definition) is 3. The first kappa shape index (κ1) is 25.0. The molecule has 1 saturated heterocycles. The molecule has 1 heterocycles. The van der Waals surface area contributed by atoms with Crippen molar-refractivity contribution in [3.8, 4) is 0 Å². The van der Waals surface area contributed by atoms with Crippen molar-refractivity contribution >= 4 is 5.91 Å². The zero-order chi connectivity index (χ0) is 24.4. The second-order valence-corrected chi connectivity index (χ2v) is 8.26. The van der Waals surface area contributed by atoms with Crippen LogP contribution in [-0.2, 0) is 27.4 Å². The van der Waals surface area contributed by atoms with Crippen LogP contribution >= 0.6 is 0 Å². The molecule has 33 heavy (non-hydrogen) atoms. The zero-order valence-electron chi connectivity index (χ0n) is 17.8. The van der Waals surface area contributed by atoms with Crippen molar-refractivity contribution < 1.29 is 35.9 Å². The number of hydrogen-bond donors (Lipinski definition) is 2. The molecule has 0 saturated carbocycles. The van der Waals surface area contributed by atoms with Gasteiger partial charge in [0.25, 0.3) is 0 Å². The molecule has 0 radical (unpaired) electrons. The van der Waals surface area contributed by atoms with Gasteiger partial charge in [0.05, 0.1) is 35.3 Å². The molecule has 180 valence electrons. The van der Waals surface area contributed by atoms with Crippen molar-refractivity contribution in [1.29, 1.82) is 0 Å². The van der Waals surface area contributed by atoms with Crippen LogP contribution in [0.2, 0.25) is 0 Å². The fourth-order valence-electron chi connectivity index (χ4n) is 3.96. The number of nitrogens with one attached hydrogen (secondary N) is 1. The van der Waals surface area contributed by atoms with E-state index in [0.29, 0.717) is 25.0 Å². The van der Waals surface area contributed by atoms with Gasteiger partial charge in [-0.25, -0.2) is 0 Å². The van der Waals surface area contributed by atoms with Crippen LogP contribution in [0.4, 0.5) is 26.3 Å². The molecule has 3 N–H and O–H groups in total. The van der Waals surface area contributed by atoms with Crippen molar-refractivity contribution in [2.45, 2.75) is 43.8 Å². The predicted octanol–water partition coefficient (Wildman–Crippen LogP) is 5.18. The quantitative estimate of drug-likeness (QED) is 0.567. The lowest BCUT2D eigenvalue weighted by Gasteiger charge is -2.41. The number of carbonyl (C=O) groups excluding carboxylic acids is 1. The van der Waals surface area contributed by atoms with Crippen molar-refractivity contribution in [2.75, 3.05) is 13.2 Å². The Balaban J connectivity index is 1.87. The number of amides is 1. The Morgan fingerprint density at radius 2 is 1.67 bits per heavy atom. The van der Waals surface area contributed by atoms with E-state index in [1.54, 1.807) is 0 Å². The zero-order valence-corrected chi connectivity index (χ0v) is 17.8. The average Bonchev–Trinajstić information content (AvgIpc) is 2.76. The summed E-state index contributed by atoms with van der Waals surface area (Å²) in [6.07, 6.45) is -10.00. The first-order valence-corrected chi connectivity index (χ1v) is 10.3. The maximum atomic E-state index is 13.2. The first-order valence-electron chi connectivity index (χ1n) is 10.3. The maximum Gasteiger partial charge on any atom is 0.416 e. The maximum absolute atomic E-state index is 13.2. The SMILES string of the molecule is C[C@@H](OCC1(c2ccccc2)CC[C@H](C(N)=O)CN1)c1cc(C(F)(F)F)cc(C(F)(F)F)c1. The molecular weight excluding hydrogens is 450 g/mol. The summed E-state index contributed by atoms with van der Waals surface area (Å²) >= 11 is 0. The number of carbonyl (C=O) groups is 1. The Labute approximate surface area is 187 Å². The molecule has 4 nitrogen and oxygen atoms in total. The van der Waals surface area contributed by atoms with E-state index in [4.69, 9.17) is 10.5 Å². The third kappa shape index (κ3) is 5.86. The third-order valence-electron chi connectivity index (χ3n) is 5.99. The summed E-state index contributed by atoms with van der Waals surface area (Å²) in [4.78, 5) is 11.5. The number of benzene rings is 2. The highest BCUT2D eigenvalue weighted by atomic mass is 19.4. The summed E-state index contributed by atoms with van der Waals surface area (Å²) < 4.78 is 85.1. The molecule has 2 aromatic carbocycles. The molecule has 10 heteroatoms. The van der Waals surface area contributed by atoms with Gasteiger partial charge in [0.15, 0.2) is 0 Å². The second kappa shape index (κ2) is 9.34. The standard InChI is InChI=1S/C23H24F6N2O2/c1-14(16-9-18(22(24,25)26)11-19(10-16)23(27,28)29)33-13-21(17-5-3-2-4-6-17)8-7-15(12-31-21)20(30)32/h2-6,9-11,14-15,31H,7-8,12-13H2,1H3,(H2,30,32)/t14-,15+,21?/m1/s1. The summed E-state index contributed by atoms with van der Waals surface area (Å²) in [7, 11) is 0. The molecule has 1 fully saturated rings. The summed E-state index contributed by atoms with van der Waals surface area (Å²) in [5.74, 6) is -0.820. The summed E-state index contributed by atoms with van der Waals surface area (Å²) in [5, 5.41) is 3.27. The van der Waals surface area contributed by atoms with E-state index in [2.05, 4.69) is 5.32 Å². The third-order valence-corrected chi connectivity index (χ3v) is 5.99. The minimum atomic E-state index is -4.93. The molecule has 3 atom stereocenters. The topological polar surface area (TPSA) is 64.3 Å². The van der Waals surface area contributed by atoms with Gasteiger partial charge >= 0.3 is 12.4 Å². The predicted molar refractivity (Wildman–Crippen MR) is 109 cm³/mol. The van der Waals surface area contributed by atoms with E-state index in [-0.39, 0.29) is 30.7 Å². The summed E-state index contributed by atoms with van der Waals surface area (Å²) in [5.41, 5.74) is 2.46. The first-order chi connectivity index (χ1) is 15.3. The van der Waals surface area contributed by atoms with Gasteiger partial charge in [-0.05, 0) is 49.1 Å². The van der Waals surface area contributed by atoms with Gasteiger partial charge in [-0.3, -0.25) is 4.79 Å². The molecule has 1 amide bonds. The highest BCUT2D eigenvalue weighted by Gasteiger charge is 2.40. The van der Waals surface area contributed by atoms with Gasteiger partial charge < -0.3 is 15.8 Å². The van der Waals surface area contributed by atoms with Crippen LogP contribution in [0.5, 0.6) is 0 Å². The van der Waals surface area contributed by atoms with E-state index in [1.807, 2.05) is 30.3 Å². The number of nitrogens with two attached hydrogens (primary N) is 1. The van der Waals surface area contributed by atoms with Crippen LogP contribution in [0, 0.1) is 5.92 Å². The Bertz CT molecular complexity index is 935. The number of ether oxygens (including phenoxy) is 1. The fourth-order valence-corrected chi connectivity index (χ4v) is 3.96. The lowest BCUT2D eigenvalue weighted by molar-refractivity contribution is -0.143. The largest absolute Gasteiger partial charge is 0.416 e. The Hall–Kier alpha value is -2.59.